The highest BCUT2D eigenvalue weighted by Gasteiger charge is 2.25. The Morgan fingerprint density at radius 1 is 1.24 bits per heavy atom. The van der Waals surface area contributed by atoms with Gasteiger partial charge < -0.3 is 14.2 Å². The highest BCUT2D eigenvalue weighted by Crippen LogP contribution is 2.29. The average molecular weight is 236 g/mol. The maximum Gasteiger partial charge on any atom is 0.183 e. The molecule has 94 valence electrons. The number of hydrogen-bond acceptors (Lipinski definition) is 3. The zero-order chi connectivity index (χ0) is 12.3. The van der Waals surface area contributed by atoms with Gasteiger partial charge in [-0.25, -0.2) is 0 Å². The molecule has 0 saturated carbocycles. The quantitative estimate of drug-likeness (QED) is 0.807. The summed E-state index contributed by atoms with van der Waals surface area (Å²) in [6.07, 6.45) is -0.250. The van der Waals surface area contributed by atoms with Crippen molar-refractivity contribution in [2.24, 2.45) is 11.8 Å². The van der Waals surface area contributed by atoms with Gasteiger partial charge in [-0.2, -0.15) is 0 Å². The molecule has 3 heteroatoms. The van der Waals surface area contributed by atoms with Gasteiger partial charge in [0.05, 0.1) is 20.3 Å². The molecule has 1 aliphatic rings. The minimum atomic E-state index is -0.250. The van der Waals surface area contributed by atoms with E-state index in [0.29, 0.717) is 11.8 Å². The molecule has 1 fully saturated rings. The van der Waals surface area contributed by atoms with Crippen molar-refractivity contribution in [3.63, 3.8) is 0 Å². The zero-order valence-electron chi connectivity index (χ0n) is 10.7. The number of methoxy groups -OCH3 is 1. The van der Waals surface area contributed by atoms with E-state index in [1.165, 1.54) is 0 Å². The van der Waals surface area contributed by atoms with Crippen LogP contribution in [0.5, 0.6) is 5.75 Å². The molecule has 0 N–H and O–H groups in total. The van der Waals surface area contributed by atoms with E-state index in [9.17, 15) is 0 Å². The van der Waals surface area contributed by atoms with E-state index < -0.39 is 0 Å². The molecule has 0 aliphatic carbocycles. The van der Waals surface area contributed by atoms with Crippen LogP contribution in [-0.2, 0) is 9.47 Å². The van der Waals surface area contributed by atoms with E-state index in [4.69, 9.17) is 14.2 Å². The topological polar surface area (TPSA) is 27.7 Å². The fourth-order valence-electron chi connectivity index (χ4n) is 1.88. The van der Waals surface area contributed by atoms with Crippen molar-refractivity contribution < 1.29 is 14.2 Å². The van der Waals surface area contributed by atoms with Gasteiger partial charge in [-0.05, 0) is 18.1 Å². The van der Waals surface area contributed by atoms with Gasteiger partial charge in [0.25, 0.3) is 0 Å². The summed E-state index contributed by atoms with van der Waals surface area (Å²) >= 11 is 0. The number of benzene rings is 1. The van der Waals surface area contributed by atoms with Gasteiger partial charge in [-0.3, -0.25) is 0 Å². The second-order valence-electron chi connectivity index (χ2n) is 4.78. The molecule has 1 aromatic rings. The third kappa shape index (κ3) is 2.99. The van der Waals surface area contributed by atoms with Gasteiger partial charge in [0.2, 0.25) is 0 Å². The molecule has 0 spiro atoms. The maximum absolute atomic E-state index is 5.76. The molecule has 1 heterocycles. The summed E-state index contributed by atoms with van der Waals surface area (Å²) in [6, 6.07) is 7.84. The summed E-state index contributed by atoms with van der Waals surface area (Å²) in [6.45, 7) is 5.92. The Kier molecular flexibility index (Phi) is 4.02. The summed E-state index contributed by atoms with van der Waals surface area (Å²) in [5.74, 6) is 1.93. The standard InChI is InChI=1S/C14H20O3/c1-10(2)12-8-16-14(17-9-12)11-5-4-6-13(7-11)15-3/h4-7,10,12,14H,8-9H2,1-3H3. The van der Waals surface area contributed by atoms with E-state index in [2.05, 4.69) is 13.8 Å². The van der Waals surface area contributed by atoms with Crippen molar-refractivity contribution in [3.8, 4) is 5.75 Å². The fourth-order valence-corrected chi connectivity index (χ4v) is 1.88. The lowest BCUT2D eigenvalue weighted by Gasteiger charge is -2.31. The first-order valence-electron chi connectivity index (χ1n) is 6.08. The molecule has 0 aromatic heterocycles. The molecule has 0 atom stereocenters. The molecule has 0 unspecified atom stereocenters. The van der Waals surface area contributed by atoms with Crippen molar-refractivity contribution in [2.75, 3.05) is 20.3 Å². The van der Waals surface area contributed by atoms with Gasteiger partial charge in [0.1, 0.15) is 5.75 Å². The van der Waals surface area contributed by atoms with Crippen LogP contribution >= 0.6 is 0 Å². The molecule has 0 bridgehead atoms. The van der Waals surface area contributed by atoms with Crippen LogP contribution in [0.1, 0.15) is 25.7 Å². The zero-order valence-corrected chi connectivity index (χ0v) is 10.7. The summed E-state index contributed by atoms with van der Waals surface area (Å²) in [4.78, 5) is 0. The lowest BCUT2D eigenvalue weighted by molar-refractivity contribution is -0.211. The Hall–Kier alpha value is -1.06. The Labute approximate surface area is 103 Å². The molecule has 17 heavy (non-hydrogen) atoms. The van der Waals surface area contributed by atoms with Crippen LogP contribution in [0.25, 0.3) is 0 Å². The molecule has 2 rings (SSSR count). The maximum atomic E-state index is 5.76. The summed E-state index contributed by atoms with van der Waals surface area (Å²) in [7, 11) is 1.66. The Bertz CT molecular complexity index is 354. The SMILES string of the molecule is COc1cccc(C2OCC(C(C)C)CO2)c1. The second-order valence-corrected chi connectivity index (χ2v) is 4.78. The molecule has 1 aromatic carbocycles. The minimum absolute atomic E-state index is 0.250. The van der Waals surface area contributed by atoms with Gasteiger partial charge in [0.15, 0.2) is 6.29 Å². The number of hydrogen-bond donors (Lipinski definition) is 0. The van der Waals surface area contributed by atoms with Crippen molar-refractivity contribution in [1.29, 1.82) is 0 Å². The third-order valence-corrected chi connectivity index (χ3v) is 3.23. The first-order chi connectivity index (χ1) is 8.20. The largest absolute Gasteiger partial charge is 0.497 e. The Morgan fingerprint density at radius 2 is 1.94 bits per heavy atom. The van der Waals surface area contributed by atoms with E-state index in [1.54, 1.807) is 7.11 Å². The van der Waals surface area contributed by atoms with E-state index in [-0.39, 0.29) is 6.29 Å². The van der Waals surface area contributed by atoms with Crippen molar-refractivity contribution >= 4 is 0 Å². The molecule has 1 aliphatic heterocycles. The highest BCUT2D eigenvalue weighted by atomic mass is 16.7. The second kappa shape index (κ2) is 5.52. The number of ether oxygens (including phenoxy) is 3. The lowest BCUT2D eigenvalue weighted by atomic mass is 9.97. The van der Waals surface area contributed by atoms with Crippen LogP contribution in [-0.4, -0.2) is 20.3 Å². The molecular formula is C14H20O3. The predicted octanol–water partition coefficient (Wildman–Crippen LogP) is 3.01. The van der Waals surface area contributed by atoms with E-state index >= 15 is 0 Å². The van der Waals surface area contributed by atoms with Crippen molar-refractivity contribution in [1.82, 2.24) is 0 Å². The highest BCUT2D eigenvalue weighted by molar-refractivity contribution is 5.29. The van der Waals surface area contributed by atoms with Gasteiger partial charge in [-0.1, -0.05) is 26.0 Å². The summed E-state index contributed by atoms with van der Waals surface area (Å²) in [5.41, 5.74) is 1.02. The van der Waals surface area contributed by atoms with Crippen LogP contribution < -0.4 is 4.74 Å². The molecule has 0 radical (unpaired) electrons. The van der Waals surface area contributed by atoms with Crippen molar-refractivity contribution in [2.45, 2.75) is 20.1 Å². The predicted molar refractivity (Wildman–Crippen MR) is 66.0 cm³/mol. The Balaban J connectivity index is 2.00. The molecule has 0 amide bonds. The molecule has 3 nitrogen and oxygen atoms in total. The van der Waals surface area contributed by atoms with Gasteiger partial charge in [-0.15, -0.1) is 0 Å². The van der Waals surface area contributed by atoms with Crippen LogP contribution in [0.3, 0.4) is 0 Å². The van der Waals surface area contributed by atoms with Crippen LogP contribution in [0.4, 0.5) is 0 Å². The smallest absolute Gasteiger partial charge is 0.183 e. The van der Waals surface area contributed by atoms with E-state index in [0.717, 1.165) is 24.5 Å². The normalized spacial score (nSPS) is 24.9. The monoisotopic (exact) mass is 236 g/mol. The lowest BCUT2D eigenvalue weighted by Crippen LogP contribution is -2.30. The summed E-state index contributed by atoms with van der Waals surface area (Å²) < 4.78 is 16.7. The first kappa shape index (κ1) is 12.4. The van der Waals surface area contributed by atoms with Crippen LogP contribution in [0.15, 0.2) is 24.3 Å². The first-order valence-corrected chi connectivity index (χ1v) is 6.08. The van der Waals surface area contributed by atoms with Crippen LogP contribution in [0.2, 0.25) is 0 Å². The van der Waals surface area contributed by atoms with E-state index in [1.807, 2.05) is 24.3 Å². The average Bonchev–Trinajstić information content (AvgIpc) is 2.39. The van der Waals surface area contributed by atoms with Crippen LogP contribution in [0, 0.1) is 11.8 Å². The van der Waals surface area contributed by atoms with Gasteiger partial charge in [0, 0.05) is 11.5 Å². The minimum Gasteiger partial charge on any atom is -0.497 e. The summed E-state index contributed by atoms with van der Waals surface area (Å²) in [5, 5.41) is 0. The van der Waals surface area contributed by atoms with Gasteiger partial charge >= 0.3 is 0 Å². The fraction of sp³-hybridized carbons (Fsp3) is 0.571. The molecular weight excluding hydrogens is 216 g/mol. The van der Waals surface area contributed by atoms with Crippen molar-refractivity contribution in [3.05, 3.63) is 29.8 Å². The number of rotatable bonds is 3. The molecule has 1 saturated heterocycles. The third-order valence-electron chi connectivity index (χ3n) is 3.23. The Morgan fingerprint density at radius 3 is 2.53 bits per heavy atom.